The first-order valence-corrected chi connectivity index (χ1v) is 15.6. The quantitative estimate of drug-likeness (QED) is 0.200. The summed E-state index contributed by atoms with van der Waals surface area (Å²) in [7, 11) is -1.27. The molecule has 0 atom stereocenters. The Morgan fingerprint density at radius 1 is 0.844 bits per heavy atom. The highest BCUT2D eigenvalue weighted by Crippen LogP contribution is 2.50. The first-order valence-electron chi connectivity index (χ1n) is 12.6. The van der Waals surface area contributed by atoms with Crippen LogP contribution < -0.4 is 0 Å². The van der Waals surface area contributed by atoms with E-state index in [-0.39, 0.29) is 5.56 Å². The van der Waals surface area contributed by atoms with Crippen LogP contribution in [0.1, 0.15) is 88.2 Å². The normalized spacial score (nSPS) is 29.8. The molecule has 1 aliphatic carbocycles. The van der Waals surface area contributed by atoms with E-state index in [1.807, 2.05) is 0 Å². The number of alkyl halides is 5. The molecule has 3 rings (SSSR count). The highest BCUT2D eigenvalue weighted by molar-refractivity contribution is 6.80. The smallest absolute Gasteiger partial charge is 0.196 e. The monoisotopic (exact) mass is 474 g/mol. The fourth-order valence-corrected chi connectivity index (χ4v) is 10.9. The van der Waals surface area contributed by atoms with E-state index in [2.05, 4.69) is 13.5 Å². The van der Waals surface area contributed by atoms with Crippen LogP contribution in [0.2, 0.25) is 24.2 Å². The third-order valence-corrected chi connectivity index (χ3v) is 13.9. The maximum absolute atomic E-state index is 13.3. The summed E-state index contributed by atoms with van der Waals surface area (Å²) >= 11 is 0. The molecule has 0 spiro atoms. The topological polar surface area (TPSA) is 0 Å². The van der Waals surface area contributed by atoms with Gasteiger partial charge in [0.25, 0.3) is 0 Å². The van der Waals surface area contributed by atoms with Gasteiger partial charge in [0.1, 0.15) is 0 Å². The molecular formula is C26H39F5Si. The fourth-order valence-electron chi connectivity index (χ4n) is 6.11. The molecule has 1 saturated carbocycles. The van der Waals surface area contributed by atoms with Gasteiger partial charge in [-0.3, -0.25) is 0 Å². The van der Waals surface area contributed by atoms with Gasteiger partial charge >= 0.3 is 12.1 Å². The van der Waals surface area contributed by atoms with E-state index in [0.717, 1.165) is 29.9 Å². The zero-order chi connectivity index (χ0) is 23.4. The third-order valence-electron chi connectivity index (χ3n) is 8.47. The van der Waals surface area contributed by atoms with E-state index in [4.69, 9.17) is 0 Å². The maximum Gasteiger partial charge on any atom is 0.453 e. The Bertz CT molecular complexity index is 696. The minimum absolute atomic E-state index is 0.0433. The Hall–Kier alpha value is -0.913. The van der Waals surface area contributed by atoms with Crippen LogP contribution in [0.3, 0.4) is 0 Å². The average Bonchev–Trinajstić information content (AvgIpc) is 2.75. The van der Waals surface area contributed by atoms with E-state index in [1.54, 1.807) is 12.1 Å². The molecule has 6 heteroatoms. The molecule has 1 aromatic rings. The molecule has 182 valence electrons. The Morgan fingerprint density at radius 3 is 1.97 bits per heavy atom. The molecule has 1 saturated heterocycles. The highest BCUT2D eigenvalue weighted by atomic mass is 28.3. The van der Waals surface area contributed by atoms with Crippen molar-refractivity contribution < 1.29 is 22.0 Å². The van der Waals surface area contributed by atoms with Gasteiger partial charge in [0.2, 0.25) is 0 Å². The molecule has 0 radical (unpaired) electrons. The lowest BCUT2D eigenvalue weighted by Gasteiger charge is -2.44. The summed E-state index contributed by atoms with van der Waals surface area (Å²) in [6.45, 7) is 4.86. The molecule has 1 heterocycles. The second-order valence-electron chi connectivity index (χ2n) is 10.8. The second-order valence-corrected chi connectivity index (χ2v) is 15.9. The Balaban J connectivity index is 1.49. The van der Waals surface area contributed by atoms with Gasteiger partial charge in [0.15, 0.2) is 0 Å². The van der Waals surface area contributed by atoms with Crippen molar-refractivity contribution in [3.05, 3.63) is 35.4 Å². The molecule has 0 unspecified atom stereocenters. The summed E-state index contributed by atoms with van der Waals surface area (Å²) in [5.41, 5.74) is 2.08. The molecular weight excluding hydrogens is 435 g/mol. The lowest BCUT2D eigenvalue weighted by atomic mass is 9.85. The zero-order valence-electron chi connectivity index (χ0n) is 19.6. The summed E-state index contributed by atoms with van der Waals surface area (Å²) in [5, 5.41) is 0. The molecule has 1 aliphatic heterocycles. The minimum atomic E-state index is -5.50. The SMILES string of the molecule is CCCCC[C@H]1CC[C@H]([Si]2(C)CCC(c3ccc(CC(F)(F)C(F)(F)F)cc3)CC2)CC1. The summed E-state index contributed by atoms with van der Waals surface area (Å²) < 4.78 is 64.0. The number of halogens is 5. The van der Waals surface area contributed by atoms with Crippen LogP contribution in [0, 0.1) is 5.92 Å². The van der Waals surface area contributed by atoms with E-state index in [0.29, 0.717) is 5.92 Å². The number of rotatable bonds is 8. The number of benzene rings is 1. The van der Waals surface area contributed by atoms with Gasteiger partial charge in [-0.2, -0.15) is 22.0 Å². The number of unbranched alkanes of at least 4 members (excludes halogenated alkanes) is 2. The van der Waals surface area contributed by atoms with Crippen LogP contribution in [0.25, 0.3) is 0 Å². The largest absolute Gasteiger partial charge is 0.453 e. The predicted molar refractivity (Wildman–Crippen MR) is 124 cm³/mol. The van der Waals surface area contributed by atoms with Crippen molar-refractivity contribution in [2.75, 3.05) is 0 Å². The van der Waals surface area contributed by atoms with Crippen molar-refractivity contribution in [3.63, 3.8) is 0 Å². The average molecular weight is 475 g/mol. The molecule has 0 N–H and O–H groups in total. The molecule has 2 aliphatic rings. The van der Waals surface area contributed by atoms with Gasteiger partial charge in [0, 0.05) is 6.42 Å². The Kier molecular flexibility index (Phi) is 8.49. The summed E-state index contributed by atoms with van der Waals surface area (Å²) in [4.78, 5) is 0. The van der Waals surface area contributed by atoms with Gasteiger partial charge in [-0.15, -0.1) is 0 Å². The molecule has 32 heavy (non-hydrogen) atoms. The molecule has 0 nitrogen and oxygen atoms in total. The second kappa shape index (κ2) is 10.6. The van der Waals surface area contributed by atoms with E-state index in [1.165, 1.54) is 75.6 Å². The third kappa shape index (κ3) is 6.36. The van der Waals surface area contributed by atoms with Crippen molar-refractivity contribution in [1.29, 1.82) is 0 Å². The van der Waals surface area contributed by atoms with Crippen LogP contribution in [0.4, 0.5) is 22.0 Å². The van der Waals surface area contributed by atoms with Crippen LogP contribution >= 0.6 is 0 Å². The Labute approximate surface area is 191 Å². The van der Waals surface area contributed by atoms with Gasteiger partial charge in [-0.25, -0.2) is 0 Å². The lowest BCUT2D eigenvalue weighted by Crippen LogP contribution is -2.41. The Morgan fingerprint density at radius 2 is 1.44 bits per heavy atom. The molecule has 1 aromatic carbocycles. The van der Waals surface area contributed by atoms with Crippen LogP contribution in [0.5, 0.6) is 0 Å². The van der Waals surface area contributed by atoms with Crippen molar-refractivity contribution in [2.45, 2.75) is 120 Å². The molecule has 0 amide bonds. The summed E-state index contributed by atoms with van der Waals surface area (Å²) in [6, 6.07) is 9.10. The van der Waals surface area contributed by atoms with E-state index >= 15 is 0 Å². The van der Waals surface area contributed by atoms with Gasteiger partial charge in [-0.05, 0) is 41.3 Å². The van der Waals surface area contributed by atoms with Crippen LogP contribution in [-0.2, 0) is 6.42 Å². The molecule has 0 aromatic heterocycles. The fraction of sp³-hybridized carbons (Fsp3) is 0.769. The van der Waals surface area contributed by atoms with Gasteiger partial charge in [0.05, 0.1) is 8.07 Å². The van der Waals surface area contributed by atoms with E-state index in [9.17, 15) is 22.0 Å². The lowest BCUT2D eigenvalue weighted by molar-refractivity contribution is -0.281. The predicted octanol–water partition coefficient (Wildman–Crippen LogP) is 9.52. The van der Waals surface area contributed by atoms with Crippen LogP contribution in [0.15, 0.2) is 24.3 Å². The van der Waals surface area contributed by atoms with Crippen molar-refractivity contribution in [2.24, 2.45) is 5.92 Å². The molecule has 0 bridgehead atoms. The van der Waals surface area contributed by atoms with E-state index < -0.39 is 26.6 Å². The summed E-state index contributed by atoms with van der Waals surface area (Å²) in [6.07, 6.45) is 6.57. The first kappa shape index (κ1) is 25.7. The number of hydrogen-bond acceptors (Lipinski definition) is 0. The molecule has 2 fully saturated rings. The van der Waals surface area contributed by atoms with Crippen molar-refractivity contribution in [3.8, 4) is 0 Å². The zero-order valence-corrected chi connectivity index (χ0v) is 20.6. The van der Waals surface area contributed by atoms with Crippen molar-refractivity contribution >= 4 is 8.07 Å². The van der Waals surface area contributed by atoms with Crippen LogP contribution in [-0.4, -0.2) is 20.2 Å². The number of hydrogen-bond donors (Lipinski definition) is 0. The van der Waals surface area contributed by atoms with Crippen molar-refractivity contribution in [1.82, 2.24) is 0 Å². The minimum Gasteiger partial charge on any atom is -0.196 e. The first-order chi connectivity index (χ1) is 15.0. The van der Waals surface area contributed by atoms with Gasteiger partial charge < -0.3 is 0 Å². The maximum atomic E-state index is 13.3. The van der Waals surface area contributed by atoms with Gasteiger partial charge in [-0.1, -0.05) is 101 Å². The highest BCUT2D eigenvalue weighted by Gasteiger charge is 2.57. The standard InChI is InChI=1S/C26H39F5Si/c1-3-4-5-6-20-9-13-24(14-10-20)32(2)17-15-23(16-18-32)22-11-7-21(8-12-22)19-25(27,28)26(29,30)31/h7-8,11-12,20,23-24H,3-6,9-10,13-19H2,1-2H3/t20-,23?,24-,32?. The summed E-state index contributed by atoms with van der Waals surface area (Å²) in [5.74, 6) is -3.32.